The summed E-state index contributed by atoms with van der Waals surface area (Å²) in [7, 11) is 1.70. The Kier molecular flexibility index (Phi) is 3.78. The molecule has 2 saturated carbocycles. The third-order valence-corrected chi connectivity index (χ3v) is 3.68. The lowest BCUT2D eigenvalue weighted by atomic mass is 10.2. The van der Waals surface area contributed by atoms with Crippen molar-refractivity contribution in [2.45, 2.75) is 38.6 Å². The van der Waals surface area contributed by atoms with Crippen molar-refractivity contribution in [2.75, 3.05) is 20.1 Å². The number of carbonyl (C=O) groups is 2. The van der Waals surface area contributed by atoms with Gasteiger partial charge in [0.05, 0.1) is 5.92 Å². The van der Waals surface area contributed by atoms with Gasteiger partial charge in [-0.3, -0.25) is 4.79 Å². The highest BCUT2D eigenvalue weighted by atomic mass is 16.4. The Hall–Kier alpha value is -1.26. The van der Waals surface area contributed by atoms with E-state index in [4.69, 9.17) is 5.11 Å². The minimum absolute atomic E-state index is 0.00231. The zero-order chi connectivity index (χ0) is 13.3. The average Bonchev–Trinajstić information content (AvgIpc) is 3.15. The second-order valence-electron chi connectivity index (χ2n) is 5.73. The van der Waals surface area contributed by atoms with Gasteiger partial charge in [-0.2, -0.15) is 0 Å². The molecule has 0 saturated heterocycles. The fourth-order valence-corrected chi connectivity index (χ4v) is 2.13. The number of carbonyl (C=O) groups excluding carboxylic acids is 1. The van der Waals surface area contributed by atoms with Gasteiger partial charge in [-0.25, -0.2) is 4.79 Å². The summed E-state index contributed by atoms with van der Waals surface area (Å²) in [5.74, 6) is -0.685. The Morgan fingerprint density at radius 2 is 1.89 bits per heavy atom. The van der Waals surface area contributed by atoms with Gasteiger partial charge in [-0.1, -0.05) is 6.92 Å². The molecule has 2 aliphatic carbocycles. The molecule has 5 heteroatoms. The quantitative estimate of drug-likeness (QED) is 0.783. The number of carboxylic acid groups (broad SMARTS) is 1. The molecule has 0 aromatic heterocycles. The number of nitrogens with zero attached hydrogens (tertiary/aromatic N) is 2. The molecule has 5 nitrogen and oxygen atoms in total. The van der Waals surface area contributed by atoms with E-state index in [-0.39, 0.29) is 12.6 Å². The van der Waals surface area contributed by atoms with E-state index in [0.717, 1.165) is 19.4 Å². The molecule has 0 spiro atoms. The van der Waals surface area contributed by atoms with Gasteiger partial charge in [0, 0.05) is 26.2 Å². The first-order valence-corrected chi connectivity index (χ1v) is 6.73. The molecule has 102 valence electrons. The SMILES string of the molecule is CC(CN(C)C(=O)N(CC1CC1)C1CC1)C(=O)O. The number of carboxylic acids is 1. The molecule has 2 fully saturated rings. The minimum Gasteiger partial charge on any atom is -0.481 e. The largest absolute Gasteiger partial charge is 0.481 e. The smallest absolute Gasteiger partial charge is 0.320 e. The summed E-state index contributed by atoms with van der Waals surface area (Å²) in [6.07, 6.45) is 4.65. The molecule has 2 aliphatic rings. The molecule has 0 radical (unpaired) electrons. The molecule has 0 bridgehead atoms. The second-order valence-corrected chi connectivity index (χ2v) is 5.73. The van der Waals surface area contributed by atoms with Crippen molar-refractivity contribution >= 4 is 12.0 Å². The van der Waals surface area contributed by atoms with Gasteiger partial charge in [0.15, 0.2) is 0 Å². The van der Waals surface area contributed by atoms with E-state index >= 15 is 0 Å². The van der Waals surface area contributed by atoms with Crippen LogP contribution in [-0.2, 0) is 4.79 Å². The first-order valence-electron chi connectivity index (χ1n) is 6.73. The van der Waals surface area contributed by atoms with Gasteiger partial charge in [0.25, 0.3) is 0 Å². The van der Waals surface area contributed by atoms with Crippen LogP contribution in [0.5, 0.6) is 0 Å². The van der Waals surface area contributed by atoms with Crippen LogP contribution in [0.2, 0.25) is 0 Å². The third kappa shape index (κ3) is 3.37. The van der Waals surface area contributed by atoms with Crippen molar-refractivity contribution in [3.8, 4) is 0 Å². The lowest BCUT2D eigenvalue weighted by Gasteiger charge is -2.29. The Balaban J connectivity index is 1.87. The van der Waals surface area contributed by atoms with Crippen LogP contribution in [0.1, 0.15) is 32.6 Å². The maximum absolute atomic E-state index is 12.3. The maximum atomic E-state index is 12.3. The van der Waals surface area contributed by atoms with E-state index < -0.39 is 11.9 Å². The molecule has 0 aliphatic heterocycles. The number of hydrogen-bond acceptors (Lipinski definition) is 2. The van der Waals surface area contributed by atoms with E-state index in [0.29, 0.717) is 12.0 Å². The summed E-state index contributed by atoms with van der Waals surface area (Å²) >= 11 is 0. The lowest BCUT2D eigenvalue weighted by molar-refractivity contribution is -0.141. The number of hydrogen-bond donors (Lipinski definition) is 1. The topological polar surface area (TPSA) is 60.9 Å². The van der Waals surface area contributed by atoms with Crippen LogP contribution in [0, 0.1) is 11.8 Å². The predicted molar refractivity (Wildman–Crippen MR) is 67.3 cm³/mol. The van der Waals surface area contributed by atoms with Crippen molar-refractivity contribution in [3.63, 3.8) is 0 Å². The third-order valence-electron chi connectivity index (χ3n) is 3.68. The first-order chi connectivity index (χ1) is 8.49. The highest BCUT2D eigenvalue weighted by Gasteiger charge is 2.37. The number of aliphatic carboxylic acids is 1. The molecular formula is C13H22N2O3. The summed E-state index contributed by atoms with van der Waals surface area (Å²) in [6.45, 7) is 2.77. The highest BCUT2D eigenvalue weighted by Crippen LogP contribution is 2.35. The summed E-state index contributed by atoms with van der Waals surface area (Å²) in [5.41, 5.74) is 0. The van der Waals surface area contributed by atoms with E-state index in [1.54, 1.807) is 18.9 Å². The fourth-order valence-electron chi connectivity index (χ4n) is 2.13. The van der Waals surface area contributed by atoms with Crippen LogP contribution < -0.4 is 0 Å². The summed E-state index contributed by atoms with van der Waals surface area (Å²) in [4.78, 5) is 26.6. The standard InChI is InChI=1S/C13H22N2O3/c1-9(12(16)17)7-14(2)13(18)15(11-5-6-11)8-10-3-4-10/h9-11H,3-8H2,1-2H3,(H,16,17). The van der Waals surface area contributed by atoms with E-state index in [1.807, 2.05) is 4.90 Å². The normalized spacial score (nSPS) is 20.3. The lowest BCUT2D eigenvalue weighted by Crippen LogP contribution is -2.45. The predicted octanol–water partition coefficient (Wildman–Crippen LogP) is 1.63. The molecular weight excluding hydrogens is 232 g/mol. The first kappa shape index (κ1) is 13.2. The molecule has 0 aromatic rings. The van der Waals surface area contributed by atoms with Gasteiger partial charge >= 0.3 is 12.0 Å². The van der Waals surface area contributed by atoms with Crippen molar-refractivity contribution in [1.82, 2.24) is 9.80 Å². The fraction of sp³-hybridized carbons (Fsp3) is 0.846. The average molecular weight is 254 g/mol. The van der Waals surface area contributed by atoms with E-state index in [2.05, 4.69) is 0 Å². The summed E-state index contributed by atoms with van der Waals surface area (Å²) in [5, 5.41) is 8.88. The molecule has 1 unspecified atom stereocenters. The van der Waals surface area contributed by atoms with Gasteiger partial charge in [-0.05, 0) is 31.6 Å². The number of amides is 2. The Morgan fingerprint density at radius 3 is 2.33 bits per heavy atom. The molecule has 18 heavy (non-hydrogen) atoms. The second kappa shape index (κ2) is 5.16. The van der Waals surface area contributed by atoms with Crippen LogP contribution in [0.4, 0.5) is 4.79 Å². The zero-order valence-corrected chi connectivity index (χ0v) is 11.1. The van der Waals surface area contributed by atoms with Crippen molar-refractivity contribution in [1.29, 1.82) is 0 Å². The van der Waals surface area contributed by atoms with Gasteiger partial charge in [0.1, 0.15) is 0 Å². The molecule has 1 atom stereocenters. The maximum Gasteiger partial charge on any atom is 0.320 e. The van der Waals surface area contributed by atoms with Crippen LogP contribution in [-0.4, -0.2) is 53.1 Å². The van der Waals surface area contributed by atoms with Gasteiger partial charge in [0.2, 0.25) is 0 Å². The number of rotatable bonds is 6. The molecule has 2 rings (SSSR count). The van der Waals surface area contributed by atoms with E-state index in [1.165, 1.54) is 12.8 Å². The molecule has 2 amide bonds. The Labute approximate surface area is 108 Å². The van der Waals surface area contributed by atoms with Crippen LogP contribution in [0.15, 0.2) is 0 Å². The Bertz CT molecular complexity index is 337. The van der Waals surface area contributed by atoms with Crippen molar-refractivity contribution < 1.29 is 14.7 Å². The van der Waals surface area contributed by atoms with Gasteiger partial charge < -0.3 is 14.9 Å². The van der Waals surface area contributed by atoms with Crippen molar-refractivity contribution in [2.24, 2.45) is 11.8 Å². The minimum atomic E-state index is -0.852. The van der Waals surface area contributed by atoms with Crippen molar-refractivity contribution in [3.05, 3.63) is 0 Å². The van der Waals surface area contributed by atoms with E-state index in [9.17, 15) is 9.59 Å². The van der Waals surface area contributed by atoms with Gasteiger partial charge in [-0.15, -0.1) is 0 Å². The molecule has 0 heterocycles. The summed E-state index contributed by atoms with van der Waals surface area (Å²) in [6, 6.07) is 0.401. The highest BCUT2D eigenvalue weighted by molar-refractivity contribution is 5.76. The summed E-state index contributed by atoms with van der Waals surface area (Å²) < 4.78 is 0. The van der Waals surface area contributed by atoms with Crippen LogP contribution >= 0.6 is 0 Å². The van der Waals surface area contributed by atoms with Crippen LogP contribution in [0.25, 0.3) is 0 Å². The Morgan fingerprint density at radius 1 is 1.28 bits per heavy atom. The molecule has 1 N–H and O–H groups in total. The monoisotopic (exact) mass is 254 g/mol. The zero-order valence-electron chi connectivity index (χ0n) is 11.1. The molecule has 0 aromatic carbocycles. The number of urea groups is 1. The van der Waals surface area contributed by atoms with Crippen LogP contribution in [0.3, 0.4) is 0 Å².